The minimum Gasteiger partial charge on any atom is -0.461 e. The van der Waals surface area contributed by atoms with E-state index in [1.165, 1.54) is 11.3 Å². The van der Waals surface area contributed by atoms with E-state index in [1.54, 1.807) is 0 Å². The molecular weight excluding hydrogens is 374 g/mol. The van der Waals surface area contributed by atoms with Gasteiger partial charge in [0.25, 0.3) is 5.56 Å². The summed E-state index contributed by atoms with van der Waals surface area (Å²) in [6.45, 7) is 12.3. The maximum absolute atomic E-state index is 13.5. The summed E-state index contributed by atoms with van der Waals surface area (Å²) >= 11 is 1.28. The molecule has 0 unspecified atom stereocenters. The standard InChI is InChI=1S/C21H31N3O3S/c1-12(2)11-27-21(26)17-14(5)16-19(28-17)22-18(13(3)4)24(20(16)25)15-7-9-23(6)10-8-15/h12-13,15H,7-11H2,1-6H3. The van der Waals surface area contributed by atoms with Gasteiger partial charge >= 0.3 is 5.97 Å². The molecular formula is C21H31N3O3S. The smallest absolute Gasteiger partial charge is 0.348 e. The number of rotatable bonds is 5. The minimum atomic E-state index is -0.356. The number of nitrogens with zero attached hydrogens (tertiary/aromatic N) is 3. The molecule has 6 nitrogen and oxygen atoms in total. The summed E-state index contributed by atoms with van der Waals surface area (Å²) in [7, 11) is 2.11. The zero-order valence-corrected chi connectivity index (χ0v) is 18.6. The molecule has 28 heavy (non-hydrogen) atoms. The highest BCUT2D eigenvalue weighted by molar-refractivity contribution is 7.20. The molecule has 0 aromatic carbocycles. The van der Waals surface area contributed by atoms with Crippen LogP contribution in [-0.4, -0.2) is 47.2 Å². The third-order valence-electron chi connectivity index (χ3n) is 5.33. The van der Waals surface area contributed by atoms with Crippen LogP contribution in [0.25, 0.3) is 10.2 Å². The van der Waals surface area contributed by atoms with Crippen molar-refractivity contribution in [1.82, 2.24) is 14.5 Å². The lowest BCUT2D eigenvalue weighted by molar-refractivity contribution is 0.0464. The highest BCUT2D eigenvalue weighted by Gasteiger charge is 2.27. The molecule has 7 heteroatoms. The van der Waals surface area contributed by atoms with Gasteiger partial charge in [0.15, 0.2) is 0 Å². The van der Waals surface area contributed by atoms with Gasteiger partial charge in [0.1, 0.15) is 15.5 Å². The van der Waals surface area contributed by atoms with Crippen molar-refractivity contribution in [3.05, 3.63) is 26.6 Å². The molecule has 1 saturated heterocycles. The summed E-state index contributed by atoms with van der Waals surface area (Å²) in [4.78, 5) is 34.3. The fourth-order valence-corrected chi connectivity index (χ4v) is 4.80. The number of esters is 1. The number of likely N-dealkylation sites (tertiary alicyclic amines) is 1. The lowest BCUT2D eigenvalue weighted by Gasteiger charge is -2.32. The topological polar surface area (TPSA) is 64.4 Å². The molecule has 0 radical (unpaired) electrons. The van der Waals surface area contributed by atoms with E-state index in [0.29, 0.717) is 27.3 Å². The number of hydrogen-bond acceptors (Lipinski definition) is 6. The normalized spacial score (nSPS) is 16.4. The lowest BCUT2D eigenvalue weighted by atomic mass is 10.0. The Morgan fingerprint density at radius 3 is 2.46 bits per heavy atom. The fraction of sp³-hybridized carbons (Fsp3) is 0.667. The number of piperidine rings is 1. The summed E-state index contributed by atoms with van der Waals surface area (Å²) in [5.41, 5.74) is 0.683. The van der Waals surface area contributed by atoms with Crippen LogP contribution in [0.5, 0.6) is 0 Å². The molecule has 2 aromatic rings. The second-order valence-electron chi connectivity index (χ2n) is 8.56. The van der Waals surface area contributed by atoms with Crippen LogP contribution in [0.15, 0.2) is 4.79 Å². The van der Waals surface area contributed by atoms with Crippen molar-refractivity contribution in [2.24, 2.45) is 5.92 Å². The highest BCUT2D eigenvalue weighted by Crippen LogP contribution is 2.31. The molecule has 3 heterocycles. The van der Waals surface area contributed by atoms with Crippen molar-refractivity contribution in [2.75, 3.05) is 26.7 Å². The van der Waals surface area contributed by atoms with Crippen molar-refractivity contribution in [3.63, 3.8) is 0 Å². The summed E-state index contributed by atoms with van der Waals surface area (Å²) in [6, 6.07) is 0.161. The van der Waals surface area contributed by atoms with E-state index in [0.717, 1.165) is 31.8 Å². The predicted molar refractivity (Wildman–Crippen MR) is 114 cm³/mol. The van der Waals surface area contributed by atoms with Crippen LogP contribution in [0, 0.1) is 12.8 Å². The molecule has 3 rings (SSSR count). The van der Waals surface area contributed by atoms with Crippen LogP contribution >= 0.6 is 11.3 Å². The van der Waals surface area contributed by atoms with Crippen LogP contribution in [0.4, 0.5) is 0 Å². The zero-order chi connectivity index (χ0) is 20.6. The van der Waals surface area contributed by atoms with Gasteiger partial charge in [-0.15, -0.1) is 11.3 Å². The molecule has 0 aliphatic carbocycles. The molecule has 0 saturated carbocycles. The first-order chi connectivity index (χ1) is 13.2. The van der Waals surface area contributed by atoms with Crippen LogP contribution in [0.3, 0.4) is 0 Å². The van der Waals surface area contributed by atoms with Crippen molar-refractivity contribution >= 4 is 27.5 Å². The molecule has 154 valence electrons. The van der Waals surface area contributed by atoms with Gasteiger partial charge in [0.05, 0.1) is 12.0 Å². The molecule has 1 aliphatic heterocycles. The Balaban J connectivity index is 2.10. The Hall–Kier alpha value is -1.73. The maximum atomic E-state index is 13.5. The molecule has 0 amide bonds. The van der Waals surface area contributed by atoms with E-state index in [-0.39, 0.29) is 29.4 Å². The van der Waals surface area contributed by atoms with E-state index in [1.807, 2.05) is 25.3 Å². The molecule has 2 aromatic heterocycles. The quantitative estimate of drug-likeness (QED) is 0.704. The molecule has 1 fully saturated rings. The monoisotopic (exact) mass is 405 g/mol. The average Bonchev–Trinajstić information content (AvgIpc) is 2.97. The van der Waals surface area contributed by atoms with Crippen molar-refractivity contribution < 1.29 is 9.53 Å². The fourth-order valence-electron chi connectivity index (χ4n) is 3.73. The van der Waals surface area contributed by atoms with Gasteiger partial charge in [-0.3, -0.25) is 9.36 Å². The average molecular weight is 406 g/mol. The zero-order valence-electron chi connectivity index (χ0n) is 17.7. The molecule has 1 aliphatic rings. The molecule has 0 atom stereocenters. The number of ether oxygens (including phenoxy) is 1. The minimum absolute atomic E-state index is 0.0140. The molecule has 0 spiro atoms. The first-order valence-electron chi connectivity index (χ1n) is 10.1. The SMILES string of the molecule is Cc1c(C(=O)OCC(C)C)sc2nc(C(C)C)n(C3CCN(C)CC3)c(=O)c12. The van der Waals surface area contributed by atoms with E-state index in [9.17, 15) is 9.59 Å². The second-order valence-corrected chi connectivity index (χ2v) is 9.56. The number of aromatic nitrogens is 2. The Bertz CT molecular complexity index is 921. The first kappa shape index (κ1) is 21.0. The van der Waals surface area contributed by atoms with Crippen LogP contribution in [-0.2, 0) is 4.74 Å². The van der Waals surface area contributed by atoms with Gasteiger partial charge in [0.2, 0.25) is 0 Å². The number of aryl methyl sites for hydroxylation is 1. The van der Waals surface area contributed by atoms with E-state index >= 15 is 0 Å². The summed E-state index contributed by atoms with van der Waals surface area (Å²) in [6.07, 6.45) is 1.88. The van der Waals surface area contributed by atoms with Crippen molar-refractivity contribution in [1.29, 1.82) is 0 Å². The largest absolute Gasteiger partial charge is 0.461 e. The highest BCUT2D eigenvalue weighted by atomic mass is 32.1. The number of carbonyl (C=O) groups is 1. The van der Waals surface area contributed by atoms with Gasteiger partial charge in [-0.1, -0.05) is 27.7 Å². The van der Waals surface area contributed by atoms with Crippen LogP contribution in [0.1, 0.15) is 73.6 Å². The first-order valence-corrected chi connectivity index (χ1v) is 10.9. The summed E-state index contributed by atoms with van der Waals surface area (Å²) in [5, 5.41) is 0.574. The second kappa shape index (κ2) is 8.33. The van der Waals surface area contributed by atoms with E-state index < -0.39 is 0 Å². The summed E-state index contributed by atoms with van der Waals surface area (Å²) in [5.74, 6) is 0.863. The third-order valence-corrected chi connectivity index (χ3v) is 6.49. The van der Waals surface area contributed by atoms with Crippen molar-refractivity contribution in [3.8, 4) is 0 Å². The number of hydrogen-bond donors (Lipinski definition) is 0. The van der Waals surface area contributed by atoms with Crippen LogP contribution in [0.2, 0.25) is 0 Å². The van der Waals surface area contributed by atoms with Gasteiger partial charge in [-0.25, -0.2) is 9.78 Å². The van der Waals surface area contributed by atoms with Gasteiger partial charge in [-0.2, -0.15) is 0 Å². The number of fused-ring (bicyclic) bond motifs is 1. The predicted octanol–water partition coefficient (Wildman–Crippen LogP) is 3.97. The van der Waals surface area contributed by atoms with Gasteiger partial charge in [-0.05, 0) is 51.4 Å². The Morgan fingerprint density at radius 2 is 1.89 bits per heavy atom. The number of carbonyl (C=O) groups excluding carboxylic acids is 1. The maximum Gasteiger partial charge on any atom is 0.348 e. The number of thiophene rings is 1. The van der Waals surface area contributed by atoms with E-state index in [2.05, 4.69) is 25.8 Å². The summed E-state index contributed by atoms with van der Waals surface area (Å²) < 4.78 is 7.31. The van der Waals surface area contributed by atoms with Gasteiger partial charge in [0, 0.05) is 12.0 Å². The lowest BCUT2D eigenvalue weighted by Crippen LogP contribution is -2.37. The molecule has 0 bridgehead atoms. The Labute approximate surface area is 170 Å². The Kier molecular flexibility index (Phi) is 6.25. The third kappa shape index (κ3) is 4.01. The van der Waals surface area contributed by atoms with E-state index in [4.69, 9.17) is 9.72 Å². The Morgan fingerprint density at radius 1 is 1.25 bits per heavy atom. The molecule has 0 N–H and O–H groups in total. The van der Waals surface area contributed by atoms with Crippen molar-refractivity contribution in [2.45, 2.75) is 59.4 Å². The van der Waals surface area contributed by atoms with Crippen LogP contribution < -0.4 is 5.56 Å². The van der Waals surface area contributed by atoms with Gasteiger partial charge < -0.3 is 9.64 Å².